The van der Waals surface area contributed by atoms with E-state index < -0.39 is 6.36 Å². The standard InChI is InChI=1S/C27H25ClF3N3O4/c28-21-10-16(24(32)33-22(36)11-18-12-26(18)7-5-19(35)6-8-26)9-17-14-34(25(37)23(17)21)13-15-1-3-20(4-2-15)38-27(29,30)31/h1-4,9-10,18H,5-8,11-14H2,(H2,32,33,36). The molecule has 0 saturated heterocycles. The van der Waals surface area contributed by atoms with Crippen LogP contribution in [0.3, 0.4) is 0 Å². The van der Waals surface area contributed by atoms with Gasteiger partial charge in [-0.05, 0) is 66.0 Å². The SMILES string of the molecule is NC(=NC(=O)CC1CC12CCC(=O)CC2)c1cc(Cl)c2c(c1)CN(Cc1ccc(OC(F)(F)F)cc1)C2=O. The average molecular weight is 548 g/mol. The number of nitrogens with zero attached hydrogens (tertiary/aromatic N) is 2. The first kappa shape index (κ1) is 26.2. The van der Waals surface area contributed by atoms with Crippen molar-refractivity contribution < 1.29 is 32.3 Å². The van der Waals surface area contributed by atoms with Gasteiger partial charge >= 0.3 is 6.36 Å². The van der Waals surface area contributed by atoms with Crippen LogP contribution in [0.25, 0.3) is 0 Å². The molecule has 1 heterocycles. The Morgan fingerprint density at radius 3 is 2.50 bits per heavy atom. The molecule has 200 valence electrons. The lowest BCUT2D eigenvalue weighted by Crippen LogP contribution is -2.23. The van der Waals surface area contributed by atoms with Gasteiger partial charge in [0, 0.05) is 37.9 Å². The maximum absolute atomic E-state index is 13.0. The van der Waals surface area contributed by atoms with Crippen molar-refractivity contribution in [3.05, 3.63) is 63.7 Å². The van der Waals surface area contributed by atoms with E-state index in [1.54, 1.807) is 6.07 Å². The molecule has 1 unspecified atom stereocenters. The Kier molecular flexibility index (Phi) is 6.71. The monoisotopic (exact) mass is 547 g/mol. The number of fused-ring (bicyclic) bond motifs is 1. The van der Waals surface area contributed by atoms with Crippen LogP contribution in [-0.4, -0.2) is 34.7 Å². The predicted octanol–water partition coefficient (Wildman–Crippen LogP) is 5.17. The highest BCUT2D eigenvalue weighted by molar-refractivity contribution is 6.34. The number of aliphatic imine (C=N–C) groups is 1. The van der Waals surface area contributed by atoms with E-state index in [-0.39, 0.29) is 65.0 Å². The average Bonchev–Trinajstić information content (AvgIpc) is 3.39. The Morgan fingerprint density at radius 1 is 1.16 bits per heavy atom. The van der Waals surface area contributed by atoms with Crippen LogP contribution >= 0.6 is 11.6 Å². The lowest BCUT2D eigenvalue weighted by Gasteiger charge is -2.21. The van der Waals surface area contributed by atoms with Crippen LogP contribution in [-0.2, 0) is 22.7 Å². The highest BCUT2D eigenvalue weighted by atomic mass is 35.5. The molecule has 2 aliphatic carbocycles. The van der Waals surface area contributed by atoms with Crippen molar-refractivity contribution in [1.82, 2.24) is 4.90 Å². The zero-order valence-corrected chi connectivity index (χ0v) is 21.1. The fraction of sp³-hybridized carbons (Fsp3) is 0.407. The molecule has 1 spiro atoms. The van der Waals surface area contributed by atoms with Crippen molar-refractivity contribution in [3.63, 3.8) is 0 Å². The van der Waals surface area contributed by atoms with Crippen LogP contribution in [0.15, 0.2) is 41.4 Å². The lowest BCUT2D eigenvalue weighted by molar-refractivity contribution is -0.274. The Morgan fingerprint density at radius 2 is 1.84 bits per heavy atom. The largest absolute Gasteiger partial charge is 0.573 e. The predicted molar refractivity (Wildman–Crippen MR) is 133 cm³/mol. The number of rotatable bonds is 6. The summed E-state index contributed by atoms with van der Waals surface area (Å²) in [7, 11) is 0. The summed E-state index contributed by atoms with van der Waals surface area (Å²) in [4.78, 5) is 42.7. The van der Waals surface area contributed by atoms with Gasteiger partial charge in [-0.1, -0.05) is 23.7 Å². The van der Waals surface area contributed by atoms with Gasteiger partial charge in [0.25, 0.3) is 5.91 Å². The summed E-state index contributed by atoms with van der Waals surface area (Å²) in [6.45, 7) is 0.370. The molecule has 2 fully saturated rings. The van der Waals surface area contributed by atoms with Crippen LogP contribution < -0.4 is 10.5 Å². The van der Waals surface area contributed by atoms with Gasteiger partial charge in [0.15, 0.2) is 0 Å². The molecule has 5 rings (SSSR count). The molecule has 0 radical (unpaired) electrons. The van der Waals surface area contributed by atoms with Gasteiger partial charge in [-0.15, -0.1) is 13.2 Å². The highest BCUT2D eigenvalue weighted by Gasteiger charge is 2.55. The first-order valence-electron chi connectivity index (χ1n) is 12.3. The van der Waals surface area contributed by atoms with Gasteiger partial charge in [0.1, 0.15) is 17.4 Å². The number of hydrogen-bond acceptors (Lipinski definition) is 4. The smallest absolute Gasteiger partial charge is 0.406 e. The molecule has 38 heavy (non-hydrogen) atoms. The molecular weight excluding hydrogens is 523 g/mol. The third-order valence-corrected chi connectivity index (χ3v) is 7.99. The third kappa shape index (κ3) is 5.55. The van der Waals surface area contributed by atoms with E-state index in [4.69, 9.17) is 17.3 Å². The summed E-state index contributed by atoms with van der Waals surface area (Å²) in [5.74, 6) is -0.464. The minimum atomic E-state index is -4.78. The number of halogens is 4. The number of benzene rings is 2. The number of amidine groups is 1. The second-order valence-corrected chi connectivity index (χ2v) is 10.6. The maximum Gasteiger partial charge on any atom is 0.573 e. The van der Waals surface area contributed by atoms with Crippen molar-refractivity contribution >= 4 is 35.0 Å². The fourth-order valence-electron chi connectivity index (χ4n) is 5.57. The molecule has 2 N–H and O–H groups in total. The Bertz CT molecular complexity index is 1330. The van der Waals surface area contributed by atoms with Gasteiger partial charge in [0.2, 0.25) is 5.91 Å². The lowest BCUT2D eigenvalue weighted by atomic mass is 9.83. The van der Waals surface area contributed by atoms with Gasteiger partial charge in [-0.25, -0.2) is 0 Å². The number of nitrogens with two attached hydrogens (primary N) is 1. The Hall–Kier alpha value is -3.40. The summed E-state index contributed by atoms with van der Waals surface area (Å²) in [5, 5.41) is 0.178. The van der Waals surface area contributed by atoms with E-state index in [9.17, 15) is 27.6 Å². The number of amides is 2. The number of ketones is 1. The zero-order valence-electron chi connectivity index (χ0n) is 20.3. The summed E-state index contributed by atoms with van der Waals surface area (Å²) in [6.07, 6.45) is -0.739. The number of ether oxygens (including phenoxy) is 1. The molecule has 2 aromatic carbocycles. The van der Waals surface area contributed by atoms with E-state index >= 15 is 0 Å². The second-order valence-electron chi connectivity index (χ2n) is 10.2. The van der Waals surface area contributed by atoms with Crippen LogP contribution in [0.5, 0.6) is 5.75 Å². The van der Waals surface area contributed by atoms with E-state index in [0.717, 1.165) is 19.3 Å². The molecule has 0 aromatic heterocycles. The van der Waals surface area contributed by atoms with E-state index in [0.29, 0.717) is 35.1 Å². The molecule has 2 amide bonds. The molecule has 1 aliphatic heterocycles. The minimum absolute atomic E-state index is 0.0133. The Balaban J connectivity index is 1.23. The van der Waals surface area contributed by atoms with Crippen LogP contribution in [0.4, 0.5) is 13.2 Å². The quantitative estimate of drug-likeness (QED) is 0.397. The first-order chi connectivity index (χ1) is 17.9. The van der Waals surface area contributed by atoms with Gasteiger partial charge in [-0.3, -0.25) is 14.4 Å². The topological polar surface area (TPSA) is 102 Å². The third-order valence-electron chi connectivity index (χ3n) is 7.69. The molecule has 0 bridgehead atoms. The van der Waals surface area contributed by atoms with Crippen LogP contribution in [0, 0.1) is 11.3 Å². The first-order valence-corrected chi connectivity index (χ1v) is 12.7. The second kappa shape index (κ2) is 9.72. The highest BCUT2D eigenvalue weighted by Crippen LogP contribution is 2.62. The van der Waals surface area contributed by atoms with Crippen LogP contribution in [0.1, 0.15) is 65.6 Å². The zero-order chi connectivity index (χ0) is 27.2. The normalized spacial score (nSPS) is 20.6. The summed E-state index contributed by atoms with van der Waals surface area (Å²) in [5.41, 5.74) is 8.21. The van der Waals surface area contributed by atoms with Gasteiger partial charge < -0.3 is 15.4 Å². The van der Waals surface area contributed by atoms with Crippen molar-refractivity contribution in [2.75, 3.05) is 0 Å². The molecule has 11 heteroatoms. The van der Waals surface area contributed by atoms with Crippen LogP contribution in [0.2, 0.25) is 5.02 Å². The molecule has 2 aromatic rings. The van der Waals surface area contributed by atoms with Crippen molar-refractivity contribution in [3.8, 4) is 5.75 Å². The van der Waals surface area contributed by atoms with E-state index in [1.165, 1.54) is 35.2 Å². The molecule has 3 aliphatic rings. The Labute approximate surface area is 221 Å². The number of alkyl halides is 3. The molecular formula is C27H25ClF3N3O4. The van der Waals surface area contributed by atoms with Gasteiger partial charge in [-0.2, -0.15) is 4.99 Å². The van der Waals surface area contributed by atoms with Gasteiger partial charge in [0.05, 0.1) is 10.6 Å². The summed E-state index contributed by atoms with van der Waals surface area (Å²) < 4.78 is 41.0. The maximum atomic E-state index is 13.0. The molecule has 1 atom stereocenters. The van der Waals surface area contributed by atoms with Crippen molar-refractivity contribution in [1.29, 1.82) is 0 Å². The van der Waals surface area contributed by atoms with Crippen molar-refractivity contribution in [2.24, 2.45) is 22.1 Å². The number of carbonyl (C=O) groups excluding carboxylic acids is 3. The fourth-order valence-corrected chi connectivity index (χ4v) is 5.89. The van der Waals surface area contributed by atoms with Crippen molar-refractivity contribution in [2.45, 2.75) is 58.0 Å². The number of carbonyl (C=O) groups is 3. The van der Waals surface area contributed by atoms with E-state index in [2.05, 4.69) is 9.73 Å². The molecule has 2 saturated carbocycles. The van der Waals surface area contributed by atoms with E-state index in [1.807, 2.05) is 0 Å². The summed E-state index contributed by atoms with van der Waals surface area (Å²) >= 11 is 6.41. The molecule has 7 nitrogen and oxygen atoms in total. The minimum Gasteiger partial charge on any atom is -0.406 e. The number of hydrogen-bond donors (Lipinski definition) is 1. The summed E-state index contributed by atoms with van der Waals surface area (Å²) in [6, 6.07) is 8.46. The number of Topliss-reactive ketones (excluding diaryl/α,β-unsaturated/α-hetero) is 1.